The Labute approximate surface area is 119 Å². The molecule has 3 aromatic heterocycles. The van der Waals surface area contributed by atoms with Gasteiger partial charge in [0.2, 0.25) is 16.9 Å². The predicted octanol–water partition coefficient (Wildman–Crippen LogP) is 1.82. The Morgan fingerprint density at radius 1 is 1.14 bits per heavy atom. The molecule has 0 fully saturated rings. The van der Waals surface area contributed by atoms with Crippen LogP contribution in [0.15, 0.2) is 41.3 Å². The molecule has 0 atom stereocenters. The summed E-state index contributed by atoms with van der Waals surface area (Å²) in [5.74, 6) is 0.671. The van der Waals surface area contributed by atoms with Crippen molar-refractivity contribution in [2.45, 2.75) is 6.92 Å². The largest absolute Gasteiger partial charge is 0.323 e. The second kappa shape index (κ2) is 4.51. The van der Waals surface area contributed by atoms with Crippen LogP contribution in [0, 0.1) is 0 Å². The molecule has 1 aromatic carbocycles. The van der Waals surface area contributed by atoms with E-state index in [0.29, 0.717) is 22.8 Å². The standard InChI is InChI=1S/C13H11N7O/c1-2-19(9-6-4-3-5-7-9)12-13-16-14-8-20(13)11-10(15-12)17-21-18-11/h3-8H,2H2,1H3. The number of para-hydroxylation sites is 1. The normalized spacial score (nSPS) is 11.3. The Bertz CT molecular complexity index is 899. The first kappa shape index (κ1) is 11.8. The lowest BCUT2D eigenvalue weighted by Crippen LogP contribution is -2.18. The number of fused-ring (bicyclic) bond motifs is 3. The van der Waals surface area contributed by atoms with E-state index in [2.05, 4.69) is 25.5 Å². The molecule has 0 radical (unpaired) electrons. The summed E-state index contributed by atoms with van der Waals surface area (Å²) in [6.07, 6.45) is 1.58. The van der Waals surface area contributed by atoms with E-state index in [1.807, 2.05) is 42.2 Å². The van der Waals surface area contributed by atoms with Gasteiger partial charge in [0.05, 0.1) is 0 Å². The molecular formula is C13H11N7O. The van der Waals surface area contributed by atoms with E-state index >= 15 is 0 Å². The summed E-state index contributed by atoms with van der Waals surface area (Å²) >= 11 is 0. The zero-order chi connectivity index (χ0) is 14.2. The van der Waals surface area contributed by atoms with Gasteiger partial charge in [-0.1, -0.05) is 18.2 Å². The van der Waals surface area contributed by atoms with Crippen LogP contribution in [0.4, 0.5) is 11.5 Å². The van der Waals surface area contributed by atoms with E-state index in [9.17, 15) is 0 Å². The zero-order valence-electron chi connectivity index (χ0n) is 11.2. The molecule has 21 heavy (non-hydrogen) atoms. The van der Waals surface area contributed by atoms with Crippen molar-refractivity contribution in [3.05, 3.63) is 36.7 Å². The van der Waals surface area contributed by atoms with Crippen molar-refractivity contribution in [2.24, 2.45) is 0 Å². The number of benzene rings is 1. The highest BCUT2D eigenvalue weighted by atomic mass is 16.6. The molecule has 3 heterocycles. The fourth-order valence-electron chi connectivity index (χ4n) is 2.34. The number of aromatic nitrogens is 6. The van der Waals surface area contributed by atoms with Gasteiger partial charge in [-0.25, -0.2) is 9.61 Å². The molecule has 0 saturated heterocycles. The first-order valence-electron chi connectivity index (χ1n) is 6.53. The molecule has 0 amide bonds. The second-order valence-electron chi connectivity index (χ2n) is 4.45. The SMILES string of the molecule is CCN(c1ccccc1)c1nc2nonc2n2cnnc12. The number of nitrogens with zero attached hydrogens (tertiary/aromatic N) is 7. The first-order chi connectivity index (χ1) is 10.4. The van der Waals surface area contributed by atoms with Crippen molar-refractivity contribution in [3.63, 3.8) is 0 Å². The van der Waals surface area contributed by atoms with Gasteiger partial charge in [0.1, 0.15) is 6.33 Å². The Morgan fingerprint density at radius 2 is 2.00 bits per heavy atom. The monoisotopic (exact) mass is 281 g/mol. The Balaban J connectivity index is 2.00. The van der Waals surface area contributed by atoms with E-state index in [-0.39, 0.29) is 0 Å². The average molecular weight is 281 g/mol. The van der Waals surface area contributed by atoms with Gasteiger partial charge in [-0.3, -0.25) is 4.40 Å². The van der Waals surface area contributed by atoms with E-state index in [1.54, 1.807) is 10.7 Å². The number of hydrogen-bond acceptors (Lipinski definition) is 7. The molecule has 4 rings (SSSR count). The molecule has 0 aliphatic heterocycles. The van der Waals surface area contributed by atoms with Crippen molar-refractivity contribution in [1.29, 1.82) is 0 Å². The van der Waals surface area contributed by atoms with E-state index in [1.165, 1.54) is 0 Å². The molecule has 0 unspecified atom stereocenters. The highest BCUT2D eigenvalue weighted by Gasteiger charge is 2.19. The van der Waals surface area contributed by atoms with Crippen LogP contribution in [-0.4, -0.2) is 36.4 Å². The van der Waals surface area contributed by atoms with Gasteiger partial charge in [-0.15, -0.1) is 10.2 Å². The van der Waals surface area contributed by atoms with Crippen molar-refractivity contribution < 1.29 is 4.63 Å². The Hall–Kier alpha value is -3.03. The number of hydrogen-bond donors (Lipinski definition) is 0. The molecule has 0 saturated carbocycles. The Morgan fingerprint density at radius 3 is 2.81 bits per heavy atom. The van der Waals surface area contributed by atoms with Crippen LogP contribution in [0.1, 0.15) is 6.92 Å². The third-order valence-corrected chi connectivity index (χ3v) is 3.28. The van der Waals surface area contributed by atoms with Crippen molar-refractivity contribution in [2.75, 3.05) is 11.4 Å². The van der Waals surface area contributed by atoms with Gasteiger partial charge in [-0.2, -0.15) is 0 Å². The van der Waals surface area contributed by atoms with E-state index < -0.39 is 0 Å². The second-order valence-corrected chi connectivity index (χ2v) is 4.45. The highest BCUT2D eigenvalue weighted by molar-refractivity contribution is 5.80. The molecule has 0 aliphatic carbocycles. The molecule has 0 N–H and O–H groups in total. The summed E-state index contributed by atoms with van der Waals surface area (Å²) in [6.45, 7) is 2.78. The third kappa shape index (κ3) is 1.72. The summed E-state index contributed by atoms with van der Waals surface area (Å²) in [5, 5.41) is 15.7. The minimum atomic E-state index is 0.423. The fourth-order valence-corrected chi connectivity index (χ4v) is 2.34. The summed E-state index contributed by atoms with van der Waals surface area (Å²) < 4.78 is 6.48. The summed E-state index contributed by atoms with van der Waals surface area (Å²) in [7, 11) is 0. The predicted molar refractivity (Wildman–Crippen MR) is 75.3 cm³/mol. The lowest BCUT2D eigenvalue weighted by molar-refractivity contribution is 0.313. The van der Waals surface area contributed by atoms with Gasteiger partial charge in [0.25, 0.3) is 0 Å². The minimum Gasteiger partial charge on any atom is -0.323 e. The molecule has 104 valence electrons. The summed E-state index contributed by atoms with van der Waals surface area (Å²) in [6, 6.07) is 9.97. The van der Waals surface area contributed by atoms with Crippen molar-refractivity contribution >= 4 is 28.4 Å². The van der Waals surface area contributed by atoms with Gasteiger partial charge in [0.15, 0.2) is 5.82 Å². The van der Waals surface area contributed by atoms with Crippen molar-refractivity contribution in [3.8, 4) is 0 Å². The molecule has 8 heteroatoms. The molecule has 0 bridgehead atoms. The average Bonchev–Trinajstić information content (AvgIpc) is 3.17. The quantitative estimate of drug-likeness (QED) is 0.566. The van der Waals surface area contributed by atoms with Crippen LogP contribution in [0.25, 0.3) is 16.9 Å². The number of anilines is 2. The van der Waals surface area contributed by atoms with Crippen LogP contribution in [0.5, 0.6) is 0 Å². The third-order valence-electron chi connectivity index (χ3n) is 3.28. The summed E-state index contributed by atoms with van der Waals surface area (Å²) in [5.41, 5.74) is 2.56. The lowest BCUT2D eigenvalue weighted by Gasteiger charge is -2.21. The molecular weight excluding hydrogens is 270 g/mol. The maximum Gasteiger partial charge on any atom is 0.244 e. The Kier molecular flexibility index (Phi) is 2.53. The zero-order valence-corrected chi connectivity index (χ0v) is 11.2. The fraction of sp³-hybridized carbons (Fsp3) is 0.154. The molecule has 0 aliphatic rings. The maximum atomic E-state index is 4.76. The van der Waals surface area contributed by atoms with Crippen LogP contribution < -0.4 is 4.90 Å². The van der Waals surface area contributed by atoms with Crippen LogP contribution in [0.2, 0.25) is 0 Å². The summed E-state index contributed by atoms with van der Waals surface area (Å²) in [4.78, 5) is 6.56. The van der Waals surface area contributed by atoms with Crippen LogP contribution in [0.3, 0.4) is 0 Å². The number of rotatable bonds is 3. The van der Waals surface area contributed by atoms with Gasteiger partial charge < -0.3 is 4.90 Å². The lowest BCUT2D eigenvalue weighted by atomic mass is 10.3. The van der Waals surface area contributed by atoms with Gasteiger partial charge in [0, 0.05) is 12.2 Å². The smallest absolute Gasteiger partial charge is 0.244 e. The molecule has 8 nitrogen and oxygen atoms in total. The molecule has 4 aromatic rings. The van der Waals surface area contributed by atoms with Crippen LogP contribution >= 0.6 is 0 Å². The topological polar surface area (TPSA) is 85.2 Å². The first-order valence-corrected chi connectivity index (χ1v) is 6.53. The van der Waals surface area contributed by atoms with Crippen molar-refractivity contribution in [1.82, 2.24) is 29.9 Å². The molecule has 0 spiro atoms. The maximum absolute atomic E-state index is 4.76. The highest BCUT2D eigenvalue weighted by Crippen LogP contribution is 2.27. The van der Waals surface area contributed by atoms with E-state index in [4.69, 9.17) is 4.63 Å². The minimum absolute atomic E-state index is 0.423. The van der Waals surface area contributed by atoms with Gasteiger partial charge in [-0.05, 0) is 29.4 Å². The van der Waals surface area contributed by atoms with E-state index in [0.717, 1.165) is 12.2 Å². The van der Waals surface area contributed by atoms with Gasteiger partial charge >= 0.3 is 0 Å². The van der Waals surface area contributed by atoms with Crippen LogP contribution in [-0.2, 0) is 0 Å².